The molecule has 21 heavy (non-hydrogen) atoms. The van der Waals surface area contributed by atoms with Gasteiger partial charge in [-0.25, -0.2) is 0 Å². The molecule has 1 aliphatic carbocycles. The molecule has 1 N–H and O–H groups in total. The van der Waals surface area contributed by atoms with Crippen LogP contribution in [0.5, 0.6) is 11.5 Å². The summed E-state index contributed by atoms with van der Waals surface area (Å²) >= 11 is 1.78. The number of hydrogen-bond acceptors (Lipinski definition) is 3. The van der Waals surface area contributed by atoms with E-state index in [9.17, 15) is 5.11 Å². The van der Waals surface area contributed by atoms with E-state index in [-0.39, 0.29) is 6.10 Å². The maximum absolute atomic E-state index is 10.0. The SMILES string of the molecule is OC1CCCCC1Sc1ccc(Oc2ccccc2)cc1. The highest BCUT2D eigenvalue weighted by Gasteiger charge is 2.23. The Morgan fingerprint density at radius 2 is 1.52 bits per heavy atom. The summed E-state index contributed by atoms with van der Waals surface area (Å²) in [6.45, 7) is 0. The van der Waals surface area contributed by atoms with Crippen molar-refractivity contribution in [2.75, 3.05) is 0 Å². The molecule has 1 saturated carbocycles. The molecular weight excluding hydrogens is 280 g/mol. The van der Waals surface area contributed by atoms with Gasteiger partial charge in [0.05, 0.1) is 6.10 Å². The first-order valence-corrected chi connectivity index (χ1v) is 8.37. The Hall–Kier alpha value is -1.45. The third-order valence-corrected chi connectivity index (χ3v) is 5.15. The second-order valence-corrected chi connectivity index (χ2v) is 6.71. The van der Waals surface area contributed by atoms with Crippen molar-refractivity contribution in [1.82, 2.24) is 0 Å². The Kier molecular flexibility index (Phi) is 4.84. The summed E-state index contributed by atoms with van der Waals surface area (Å²) in [5, 5.41) is 10.4. The molecule has 3 heteroatoms. The van der Waals surface area contributed by atoms with Crippen molar-refractivity contribution in [2.24, 2.45) is 0 Å². The van der Waals surface area contributed by atoms with Crippen LogP contribution in [0, 0.1) is 0 Å². The third-order valence-electron chi connectivity index (χ3n) is 3.76. The average molecular weight is 300 g/mol. The fourth-order valence-electron chi connectivity index (χ4n) is 2.60. The van der Waals surface area contributed by atoms with Crippen molar-refractivity contribution in [3.05, 3.63) is 54.6 Å². The van der Waals surface area contributed by atoms with E-state index in [0.717, 1.165) is 30.8 Å². The van der Waals surface area contributed by atoms with Crippen LogP contribution in [0.15, 0.2) is 59.5 Å². The quantitative estimate of drug-likeness (QED) is 0.873. The lowest BCUT2D eigenvalue weighted by Crippen LogP contribution is -2.26. The zero-order chi connectivity index (χ0) is 14.5. The van der Waals surface area contributed by atoms with Crippen LogP contribution in [0.2, 0.25) is 0 Å². The van der Waals surface area contributed by atoms with Crippen LogP contribution in [0.25, 0.3) is 0 Å². The lowest BCUT2D eigenvalue weighted by molar-refractivity contribution is 0.137. The van der Waals surface area contributed by atoms with Crippen molar-refractivity contribution in [3.8, 4) is 11.5 Å². The minimum absolute atomic E-state index is 0.163. The number of rotatable bonds is 4. The molecule has 1 fully saturated rings. The monoisotopic (exact) mass is 300 g/mol. The van der Waals surface area contributed by atoms with E-state index in [1.807, 2.05) is 42.5 Å². The van der Waals surface area contributed by atoms with Gasteiger partial charge in [-0.15, -0.1) is 11.8 Å². The van der Waals surface area contributed by atoms with E-state index < -0.39 is 0 Å². The molecule has 0 aromatic heterocycles. The van der Waals surface area contributed by atoms with Gasteiger partial charge in [-0.2, -0.15) is 0 Å². The first-order valence-electron chi connectivity index (χ1n) is 7.49. The van der Waals surface area contributed by atoms with Gasteiger partial charge < -0.3 is 9.84 Å². The number of aliphatic hydroxyl groups is 1. The molecule has 2 aromatic rings. The summed E-state index contributed by atoms with van der Waals surface area (Å²) < 4.78 is 5.79. The van der Waals surface area contributed by atoms with Crippen LogP contribution < -0.4 is 4.74 Å². The molecule has 1 aliphatic rings. The van der Waals surface area contributed by atoms with Gasteiger partial charge in [0.1, 0.15) is 11.5 Å². The number of aliphatic hydroxyl groups excluding tert-OH is 1. The van der Waals surface area contributed by atoms with Gasteiger partial charge in [0, 0.05) is 10.1 Å². The average Bonchev–Trinajstić information content (AvgIpc) is 2.52. The van der Waals surface area contributed by atoms with E-state index in [1.54, 1.807) is 11.8 Å². The zero-order valence-electron chi connectivity index (χ0n) is 11.9. The molecule has 2 nitrogen and oxygen atoms in total. The molecular formula is C18H20O2S. The first-order chi connectivity index (χ1) is 10.3. The fourth-order valence-corrected chi connectivity index (χ4v) is 3.82. The Morgan fingerprint density at radius 1 is 0.857 bits per heavy atom. The van der Waals surface area contributed by atoms with Crippen molar-refractivity contribution < 1.29 is 9.84 Å². The highest BCUT2D eigenvalue weighted by Crippen LogP contribution is 2.34. The molecule has 2 atom stereocenters. The lowest BCUT2D eigenvalue weighted by atomic mass is 9.97. The van der Waals surface area contributed by atoms with Crippen LogP contribution in [0.3, 0.4) is 0 Å². The predicted octanol–water partition coefficient (Wildman–Crippen LogP) is 4.87. The van der Waals surface area contributed by atoms with Gasteiger partial charge in [0.15, 0.2) is 0 Å². The van der Waals surface area contributed by atoms with Crippen molar-refractivity contribution in [2.45, 2.75) is 41.9 Å². The van der Waals surface area contributed by atoms with Crippen LogP contribution in [-0.2, 0) is 0 Å². The number of para-hydroxylation sites is 1. The van der Waals surface area contributed by atoms with Gasteiger partial charge in [0.2, 0.25) is 0 Å². The molecule has 0 saturated heterocycles. The maximum Gasteiger partial charge on any atom is 0.127 e. The molecule has 2 aromatic carbocycles. The van der Waals surface area contributed by atoms with Crippen LogP contribution in [0.4, 0.5) is 0 Å². The van der Waals surface area contributed by atoms with E-state index in [4.69, 9.17) is 4.74 Å². The molecule has 0 radical (unpaired) electrons. The molecule has 3 rings (SSSR count). The predicted molar refractivity (Wildman–Crippen MR) is 87.1 cm³/mol. The van der Waals surface area contributed by atoms with Gasteiger partial charge in [-0.3, -0.25) is 0 Å². The topological polar surface area (TPSA) is 29.5 Å². The molecule has 0 spiro atoms. The number of thioether (sulfide) groups is 1. The Morgan fingerprint density at radius 3 is 2.24 bits per heavy atom. The van der Waals surface area contributed by atoms with E-state index >= 15 is 0 Å². The number of benzene rings is 2. The minimum atomic E-state index is -0.163. The standard InChI is InChI=1S/C18H20O2S/c19-17-8-4-5-9-18(17)21-16-12-10-15(11-13-16)20-14-6-2-1-3-7-14/h1-3,6-7,10-13,17-19H,4-5,8-9H2. The Bertz CT molecular complexity index is 553. The highest BCUT2D eigenvalue weighted by atomic mass is 32.2. The Labute approximate surface area is 130 Å². The van der Waals surface area contributed by atoms with Crippen LogP contribution in [-0.4, -0.2) is 16.5 Å². The number of ether oxygens (including phenoxy) is 1. The van der Waals surface area contributed by atoms with Gasteiger partial charge in [0.25, 0.3) is 0 Å². The van der Waals surface area contributed by atoms with E-state index in [0.29, 0.717) is 5.25 Å². The van der Waals surface area contributed by atoms with E-state index in [1.165, 1.54) is 11.3 Å². The van der Waals surface area contributed by atoms with Crippen LogP contribution >= 0.6 is 11.8 Å². The van der Waals surface area contributed by atoms with Gasteiger partial charge in [-0.1, -0.05) is 31.0 Å². The van der Waals surface area contributed by atoms with Crippen LogP contribution in [0.1, 0.15) is 25.7 Å². The molecule has 0 heterocycles. The molecule has 2 unspecified atom stereocenters. The van der Waals surface area contributed by atoms with Gasteiger partial charge >= 0.3 is 0 Å². The van der Waals surface area contributed by atoms with Crippen molar-refractivity contribution >= 4 is 11.8 Å². The summed E-state index contributed by atoms with van der Waals surface area (Å²) in [7, 11) is 0. The molecule has 0 amide bonds. The fraction of sp³-hybridized carbons (Fsp3) is 0.333. The summed E-state index contributed by atoms with van der Waals surface area (Å²) in [4.78, 5) is 1.20. The number of hydrogen-bond donors (Lipinski definition) is 1. The summed E-state index contributed by atoms with van der Waals surface area (Å²) in [6.07, 6.45) is 4.26. The molecule has 0 bridgehead atoms. The molecule has 0 aliphatic heterocycles. The van der Waals surface area contributed by atoms with Gasteiger partial charge in [-0.05, 0) is 49.2 Å². The normalized spacial score (nSPS) is 22.0. The second-order valence-electron chi connectivity index (χ2n) is 5.39. The van der Waals surface area contributed by atoms with E-state index in [2.05, 4.69) is 12.1 Å². The Balaban J connectivity index is 1.61. The molecule has 110 valence electrons. The third kappa shape index (κ3) is 4.02. The largest absolute Gasteiger partial charge is 0.457 e. The lowest BCUT2D eigenvalue weighted by Gasteiger charge is -2.26. The summed E-state index contributed by atoms with van der Waals surface area (Å²) in [5.74, 6) is 1.69. The first kappa shape index (κ1) is 14.5. The minimum Gasteiger partial charge on any atom is -0.457 e. The summed E-state index contributed by atoms with van der Waals surface area (Å²) in [6, 6.07) is 17.9. The highest BCUT2D eigenvalue weighted by molar-refractivity contribution is 8.00. The maximum atomic E-state index is 10.0. The second kappa shape index (κ2) is 7.01. The smallest absolute Gasteiger partial charge is 0.127 e. The zero-order valence-corrected chi connectivity index (χ0v) is 12.8. The van der Waals surface area contributed by atoms with Crippen molar-refractivity contribution in [1.29, 1.82) is 0 Å². The summed E-state index contributed by atoms with van der Waals surface area (Å²) in [5.41, 5.74) is 0. The van der Waals surface area contributed by atoms with Crippen molar-refractivity contribution in [3.63, 3.8) is 0 Å².